The van der Waals surface area contributed by atoms with Gasteiger partial charge in [-0.05, 0) is 36.5 Å². The molecule has 0 aliphatic rings. The van der Waals surface area contributed by atoms with Crippen LogP contribution in [0.15, 0.2) is 24.3 Å². The van der Waals surface area contributed by atoms with Gasteiger partial charge in [0.25, 0.3) is 0 Å². The summed E-state index contributed by atoms with van der Waals surface area (Å²) in [5.74, 6) is 1.05. The van der Waals surface area contributed by atoms with E-state index in [4.69, 9.17) is 11.6 Å². The fraction of sp³-hybridized carbons (Fsp3) is 0.538. The van der Waals surface area contributed by atoms with Crippen LogP contribution in [0.2, 0.25) is 0 Å². The SMILES string of the molecule is CCCCC(CCl)Cc1ccc(F)cc1. The first-order chi connectivity index (χ1) is 7.26. The second kappa shape index (κ2) is 6.84. The van der Waals surface area contributed by atoms with Crippen LogP contribution in [0.4, 0.5) is 4.39 Å². The first-order valence-electron chi connectivity index (χ1n) is 5.56. The highest BCUT2D eigenvalue weighted by Crippen LogP contribution is 2.17. The molecule has 0 bridgehead atoms. The Bertz CT molecular complexity index is 268. The number of alkyl halides is 1. The maximum absolute atomic E-state index is 12.7. The predicted octanol–water partition coefficient (Wildman–Crippen LogP) is 4.41. The van der Waals surface area contributed by atoms with Crippen LogP contribution >= 0.6 is 11.6 Å². The Morgan fingerprint density at radius 2 is 1.93 bits per heavy atom. The highest BCUT2D eigenvalue weighted by molar-refractivity contribution is 6.18. The summed E-state index contributed by atoms with van der Waals surface area (Å²) in [6, 6.07) is 6.72. The summed E-state index contributed by atoms with van der Waals surface area (Å²) >= 11 is 5.91. The molecule has 0 aliphatic heterocycles. The zero-order chi connectivity index (χ0) is 11.1. The van der Waals surface area contributed by atoms with Crippen molar-refractivity contribution in [1.29, 1.82) is 0 Å². The second-order valence-electron chi connectivity index (χ2n) is 3.99. The first-order valence-corrected chi connectivity index (χ1v) is 6.10. The van der Waals surface area contributed by atoms with Gasteiger partial charge in [0.2, 0.25) is 0 Å². The Labute approximate surface area is 96.5 Å². The lowest BCUT2D eigenvalue weighted by Crippen LogP contribution is -2.06. The topological polar surface area (TPSA) is 0 Å². The summed E-state index contributed by atoms with van der Waals surface area (Å²) in [5.41, 5.74) is 1.18. The van der Waals surface area contributed by atoms with Gasteiger partial charge in [-0.25, -0.2) is 4.39 Å². The zero-order valence-electron chi connectivity index (χ0n) is 9.18. The number of hydrogen-bond acceptors (Lipinski definition) is 0. The molecule has 0 nitrogen and oxygen atoms in total. The molecule has 0 saturated carbocycles. The molecule has 0 spiro atoms. The minimum atomic E-state index is -0.172. The zero-order valence-corrected chi connectivity index (χ0v) is 9.93. The Morgan fingerprint density at radius 3 is 2.47 bits per heavy atom. The van der Waals surface area contributed by atoms with E-state index in [0.29, 0.717) is 11.8 Å². The van der Waals surface area contributed by atoms with Crippen LogP contribution in [0.25, 0.3) is 0 Å². The molecule has 1 rings (SSSR count). The summed E-state index contributed by atoms with van der Waals surface area (Å²) < 4.78 is 12.7. The van der Waals surface area contributed by atoms with E-state index in [9.17, 15) is 4.39 Å². The first kappa shape index (κ1) is 12.5. The van der Waals surface area contributed by atoms with Crippen LogP contribution < -0.4 is 0 Å². The minimum absolute atomic E-state index is 0.172. The molecule has 2 heteroatoms. The number of benzene rings is 1. The molecule has 0 heterocycles. The van der Waals surface area contributed by atoms with E-state index in [1.165, 1.54) is 30.5 Å². The van der Waals surface area contributed by atoms with Crippen LogP contribution in [-0.2, 0) is 6.42 Å². The van der Waals surface area contributed by atoms with Crippen molar-refractivity contribution in [3.8, 4) is 0 Å². The second-order valence-corrected chi connectivity index (χ2v) is 4.30. The van der Waals surface area contributed by atoms with Crippen LogP contribution in [0, 0.1) is 11.7 Å². The Kier molecular flexibility index (Phi) is 5.70. The molecule has 1 atom stereocenters. The van der Waals surface area contributed by atoms with Crippen molar-refractivity contribution < 1.29 is 4.39 Å². The third-order valence-corrected chi connectivity index (χ3v) is 3.06. The van der Waals surface area contributed by atoms with E-state index < -0.39 is 0 Å². The van der Waals surface area contributed by atoms with Gasteiger partial charge >= 0.3 is 0 Å². The standard InChI is InChI=1S/C13H18ClF/c1-2-3-4-12(10-14)9-11-5-7-13(15)8-6-11/h5-8,12H,2-4,9-10H2,1H3. The fourth-order valence-corrected chi connectivity index (χ4v) is 1.94. The average Bonchev–Trinajstić information content (AvgIpc) is 2.27. The lowest BCUT2D eigenvalue weighted by molar-refractivity contribution is 0.508. The van der Waals surface area contributed by atoms with Crippen molar-refractivity contribution in [3.63, 3.8) is 0 Å². The van der Waals surface area contributed by atoms with Gasteiger partial charge in [-0.2, -0.15) is 0 Å². The molecule has 1 aromatic carbocycles. The molecule has 0 N–H and O–H groups in total. The van der Waals surface area contributed by atoms with Gasteiger partial charge in [0.05, 0.1) is 0 Å². The van der Waals surface area contributed by atoms with Gasteiger partial charge in [0, 0.05) is 5.88 Å². The summed E-state index contributed by atoms with van der Waals surface area (Å²) in [6.45, 7) is 2.18. The van der Waals surface area contributed by atoms with Gasteiger partial charge in [-0.3, -0.25) is 0 Å². The maximum atomic E-state index is 12.7. The lowest BCUT2D eigenvalue weighted by atomic mass is 9.96. The molecule has 0 aromatic heterocycles. The summed E-state index contributed by atoms with van der Waals surface area (Å²) in [7, 11) is 0. The number of rotatable bonds is 6. The quantitative estimate of drug-likeness (QED) is 0.633. The largest absolute Gasteiger partial charge is 0.207 e. The summed E-state index contributed by atoms with van der Waals surface area (Å²) in [4.78, 5) is 0. The highest BCUT2D eigenvalue weighted by atomic mass is 35.5. The molecule has 1 unspecified atom stereocenters. The normalized spacial score (nSPS) is 12.7. The van der Waals surface area contributed by atoms with Gasteiger partial charge < -0.3 is 0 Å². The molecule has 0 saturated heterocycles. The molecule has 15 heavy (non-hydrogen) atoms. The molecule has 0 radical (unpaired) electrons. The van der Waals surface area contributed by atoms with E-state index >= 15 is 0 Å². The number of halogens is 2. The molecule has 84 valence electrons. The van der Waals surface area contributed by atoms with E-state index in [-0.39, 0.29) is 5.82 Å². The van der Waals surface area contributed by atoms with Crippen LogP contribution in [0.3, 0.4) is 0 Å². The van der Waals surface area contributed by atoms with E-state index in [2.05, 4.69) is 6.92 Å². The summed E-state index contributed by atoms with van der Waals surface area (Å²) in [6.07, 6.45) is 4.55. The van der Waals surface area contributed by atoms with Crippen molar-refractivity contribution >= 4 is 11.6 Å². The van der Waals surface area contributed by atoms with Gasteiger partial charge in [0.15, 0.2) is 0 Å². The Hall–Kier alpha value is -0.560. The van der Waals surface area contributed by atoms with Crippen molar-refractivity contribution in [1.82, 2.24) is 0 Å². The molecule has 0 aliphatic carbocycles. The van der Waals surface area contributed by atoms with Crippen molar-refractivity contribution in [2.75, 3.05) is 5.88 Å². The molecule has 0 fully saturated rings. The molecule has 0 amide bonds. The third-order valence-electron chi connectivity index (χ3n) is 2.62. The number of hydrogen-bond donors (Lipinski definition) is 0. The highest BCUT2D eigenvalue weighted by Gasteiger charge is 2.07. The lowest BCUT2D eigenvalue weighted by Gasteiger charge is -2.13. The van der Waals surface area contributed by atoms with E-state index in [1.807, 2.05) is 12.1 Å². The maximum Gasteiger partial charge on any atom is 0.123 e. The van der Waals surface area contributed by atoms with Crippen molar-refractivity contribution in [2.24, 2.45) is 5.92 Å². The fourth-order valence-electron chi connectivity index (χ4n) is 1.68. The van der Waals surface area contributed by atoms with Crippen LogP contribution in [0.5, 0.6) is 0 Å². The van der Waals surface area contributed by atoms with Crippen LogP contribution in [0.1, 0.15) is 31.7 Å². The van der Waals surface area contributed by atoms with Gasteiger partial charge in [-0.1, -0.05) is 31.9 Å². The van der Waals surface area contributed by atoms with E-state index in [1.54, 1.807) is 0 Å². The van der Waals surface area contributed by atoms with Gasteiger partial charge in [-0.15, -0.1) is 11.6 Å². The molecular formula is C13H18ClF. The predicted molar refractivity (Wildman–Crippen MR) is 63.8 cm³/mol. The average molecular weight is 229 g/mol. The van der Waals surface area contributed by atoms with Crippen molar-refractivity contribution in [3.05, 3.63) is 35.6 Å². The number of unbranched alkanes of at least 4 members (excludes halogenated alkanes) is 1. The third kappa shape index (κ3) is 4.65. The van der Waals surface area contributed by atoms with Crippen LogP contribution in [-0.4, -0.2) is 5.88 Å². The summed E-state index contributed by atoms with van der Waals surface area (Å²) in [5, 5.41) is 0. The Morgan fingerprint density at radius 1 is 1.27 bits per heavy atom. The Balaban J connectivity index is 2.47. The molecule has 1 aromatic rings. The molecular weight excluding hydrogens is 211 g/mol. The smallest absolute Gasteiger partial charge is 0.123 e. The van der Waals surface area contributed by atoms with Crippen molar-refractivity contribution in [2.45, 2.75) is 32.6 Å². The van der Waals surface area contributed by atoms with E-state index in [0.717, 1.165) is 12.8 Å². The minimum Gasteiger partial charge on any atom is -0.207 e. The van der Waals surface area contributed by atoms with Gasteiger partial charge in [0.1, 0.15) is 5.82 Å². The monoisotopic (exact) mass is 228 g/mol.